The Balaban J connectivity index is 0.00000278. The number of fused-ring (bicyclic) bond motifs is 11. The molecule has 1 aromatic heterocycles. The predicted octanol–water partition coefficient (Wildman–Crippen LogP) is 6.76. The zero-order valence-electron chi connectivity index (χ0n) is 22.8. The summed E-state index contributed by atoms with van der Waals surface area (Å²) in [5.41, 5.74) is 12.2. The first-order valence-electron chi connectivity index (χ1n) is 14.0. The minimum Gasteiger partial charge on any atom is -0.500 e. The molecule has 3 aliphatic rings. The molecule has 4 heterocycles. The maximum atomic E-state index is 5.69. The normalized spacial score (nSPS) is 14.0. The van der Waals surface area contributed by atoms with Crippen LogP contribution in [0.5, 0.6) is 0 Å². The van der Waals surface area contributed by atoms with E-state index in [1.807, 2.05) is 6.07 Å². The van der Waals surface area contributed by atoms with Gasteiger partial charge in [-0.1, -0.05) is 65.7 Å². The summed E-state index contributed by atoms with van der Waals surface area (Å²) >= 11 is 0. The van der Waals surface area contributed by atoms with Crippen LogP contribution in [0.25, 0.3) is 33.7 Å². The molecule has 0 saturated heterocycles. The van der Waals surface area contributed by atoms with Crippen molar-refractivity contribution in [3.05, 3.63) is 147 Å². The van der Waals surface area contributed by atoms with Crippen LogP contribution >= 0.6 is 0 Å². The van der Waals surface area contributed by atoms with Crippen molar-refractivity contribution in [2.45, 2.75) is 0 Å². The Labute approximate surface area is 264 Å². The Morgan fingerprint density at radius 2 is 1.30 bits per heavy atom. The zero-order valence-corrected chi connectivity index (χ0v) is 24.3. The van der Waals surface area contributed by atoms with Gasteiger partial charge in [-0.3, -0.25) is 4.98 Å². The molecule has 5 aromatic carbocycles. The van der Waals surface area contributed by atoms with Crippen LogP contribution in [0.1, 0.15) is 0 Å². The molecule has 9 rings (SSSR count). The summed E-state index contributed by atoms with van der Waals surface area (Å²) in [6, 6.07) is 43.9. The second kappa shape index (κ2) is 10.2. The molecule has 0 saturated carbocycles. The van der Waals surface area contributed by atoms with Crippen molar-refractivity contribution in [1.29, 1.82) is 0 Å². The van der Waals surface area contributed by atoms with Crippen LogP contribution in [-0.2, 0) is 20.4 Å². The summed E-state index contributed by atoms with van der Waals surface area (Å²) < 4.78 is 5.69. The first kappa shape index (κ1) is 25.9. The van der Waals surface area contributed by atoms with Gasteiger partial charge in [-0.15, -0.1) is 53.2 Å². The molecule has 0 unspecified atom stereocenters. The van der Waals surface area contributed by atoms with Crippen LogP contribution in [0.2, 0.25) is 0 Å². The van der Waals surface area contributed by atoms with E-state index in [2.05, 4.69) is 148 Å². The molecule has 6 aromatic rings. The third kappa shape index (κ3) is 4.00. The van der Waals surface area contributed by atoms with Crippen LogP contribution in [0.4, 0.5) is 22.7 Å². The molecule has 0 fully saturated rings. The average molecular weight is 644 g/mol. The number of nitrogens with zero attached hydrogens (tertiary/aromatic N) is 4. The fraction of sp³-hybridized carbons (Fsp3) is 0. The second-order valence-corrected chi connectivity index (χ2v) is 10.6. The van der Waals surface area contributed by atoms with E-state index in [0.29, 0.717) is 5.89 Å². The molecule has 0 aliphatic carbocycles. The molecular formula is C36H22BN4OPd-3. The van der Waals surface area contributed by atoms with Crippen molar-refractivity contribution in [3.63, 3.8) is 0 Å². The fourth-order valence-corrected chi connectivity index (χ4v) is 6.43. The van der Waals surface area contributed by atoms with Crippen LogP contribution < -0.4 is 25.5 Å². The van der Waals surface area contributed by atoms with E-state index in [4.69, 9.17) is 4.42 Å². The van der Waals surface area contributed by atoms with Crippen molar-refractivity contribution in [2.75, 3.05) is 14.6 Å². The molecule has 7 heteroatoms. The molecule has 0 atom stereocenters. The molecular weight excluding hydrogens is 622 g/mol. The number of hydrogen-bond acceptors (Lipinski definition) is 5. The minimum atomic E-state index is -0.133. The molecule has 43 heavy (non-hydrogen) atoms. The van der Waals surface area contributed by atoms with E-state index in [9.17, 15) is 0 Å². The molecule has 208 valence electrons. The summed E-state index contributed by atoms with van der Waals surface area (Å²) in [4.78, 5) is 11.1. The molecule has 5 nitrogen and oxygen atoms in total. The van der Waals surface area contributed by atoms with Crippen LogP contribution in [0.3, 0.4) is 0 Å². The summed E-state index contributed by atoms with van der Waals surface area (Å²) in [5.74, 6) is 0.565. The minimum absolute atomic E-state index is 0. The van der Waals surface area contributed by atoms with E-state index in [1.54, 1.807) is 12.5 Å². The first-order chi connectivity index (χ1) is 20.8. The van der Waals surface area contributed by atoms with Crippen molar-refractivity contribution >= 4 is 40.5 Å². The molecule has 3 aliphatic heterocycles. The van der Waals surface area contributed by atoms with E-state index in [-0.39, 0.29) is 27.3 Å². The number of hydrogen-bond donors (Lipinski definition) is 0. The first-order valence-corrected chi connectivity index (χ1v) is 14.0. The van der Waals surface area contributed by atoms with Crippen LogP contribution in [-0.4, -0.2) is 11.8 Å². The van der Waals surface area contributed by atoms with Crippen molar-refractivity contribution < 1.29 is 24.8 Å². The summed E-state index contributed by atoms with van der Waals surface area (Å²) in [5, 5.41) is 0. The Morgan fingerprint density at radius 1 is 0.651 bits per heavy atom. The standard InChI is InChI=1S/C36H22BN4O.Pd/c1-2-8-26(9-3-1)39-19-20-40(24-39)27-15-17-29-31-11-5-7-13-35(31)41-34-12-6-4-10-30(34)28-16-14-25(36-38-18-21-42-36)22-32(28)37(41)33(29)23-27;/h1-21,24H;/q-3;. The number of benzene rings is 5. The largest absolute Gasteiger partial charge is 0.500 e. The van der Waals surface area contributed by atoms with Crippen molar-refractivity contribution in [2.24, 2.45) is 0 Å². The molecule has 0 N–H and O–H groups in total. The van der Waals surface area contributed by atoms with Gasteiger partial charge in [0, 0.05) is 37.5 Å². The quantitative estimate of drug-likeness (QED) is 0.157. The van der Waals surface area contributed by atoms with E-state index in [0.717, 1.165) is 33.4 Å². The van der Waals surface area contributed by atoms with E-state index in [1.165, 1.54) is 28.1 Å². The number of rotatable bonds is 3. The van der Waals surface area contributed by atoms with Gasteiger partial charge in [-0.05, 0) is 42.2 Å². The number of anilines is 4. The van der Waals surface area contributed by atoms with Crippen molar-refractivity contribution in [1.82, 2.24) is 4.98 Å². The molecule has 0 radical (unpaired) electrons. The Bertz CT molecular complexity index is 2010. The molecule has 0 spiro atoms. The van der Waals surface area contributed by atoms with Crippen LogP contribution in [0, 0.1) is 18.8 Å². The van der Waals surface area contributed by atoms with Gasteiger partial charge in [0.25, 0.3) is 6.85 Å². The maximum Gasteiger partial charge on any atom is 0.285 e. The maximum absolute atomic E-state index is 5.69. The third-order valence-electron chi connectivity index (χ3n) is 8.28. The number of para-hydroxylation sites is 3. The Hall–Kier alpha value is -4.82. The van der Waals surface area contributed by atoms with Gasteiger partial charge in [-0.2, -0.15) is 17.6 Å². The molecule has 0 bridgehead atoms. The summed E-state index contributed by atoms with van der Waals surface area (Å²) in [7, 11) is 0. The van der Waals surface area contributed by atoms with Gasteiger partial charge < -0.3 is 19.0 Å². The topological polar surface area (TPSA) is 35.8 Å². The molecule has 0 amide bonds. The van der Waals surface area contributed by atoms with Crippen molar-refractivity contribution in [3.8, 4) is 33.7 Å². The van der Waals surface area contributed by atoms with Gasteiger partial charge >= 0.3 is 0 Å². The van der Waals surface area contributed by atoms with Gasteiger partial charge in [0.05, 0.1) is 12.5 Å². The predicted molar refractivity (Wildman–Crippen MR) is 169 cm³/mol. The summed E-state index contributed by atoms with van der Waals surface area (Å²) in [6.07, 6.45) is 7.44. The SMILES string of the molecule is [Pd].[c-]1c(-c2ncco2)ccc2c1B1c3[c-]c(N4C=CN(c5ccccc5)[CH-]4)ccc3-c3ccccc3N1c1ccccc1-2. The zero-order chi connectivity index (χ0) is 27.6. The monoisotopic (exact) mass is 643 g/mol. The van der Waals surface area contributed by atoms with E-state index < -0.39 is 0 Å². The average Bonchev–Trinajstić information content (AvgIpc) is 3.78. The van der Waals surface area contributed by atoms with Gasteiger partial charge in [0.15, 0.2) is 0 Å². The second-order valence-electron chi connectivity index (χ2n) is 10.6. The summed E-state index contributed by atoms with van der Waals surface area (Å²) in [6.45, 7) is 1.96. The number of oxazole rings is 1. The van der Waals surface area contributed by atoms with Gasteiger partial charge in [0.2, 0.25) is 0 Å². The van der Waals surface area contributed by atoms with Gasteiger partial charge in [0.1, 0.15) is 5.89 Å². The Kier molecular flexibility index (Phi) is 6.11. The number of aromatic nitrogens is 1. The van der Waals surface area contributed by atoms with Crippen LogP contribution in [0.15, 0.2) is 132 Å². The Morgan fingerprint density at radius 3 is 2.02 bits per heavy atom. The fourth-order valence-electron chi connectivity index (χ4n) is 6.43. The third-order valence-corrected chi connectivity index (χ3v) is 8.28. The van der Waals surface area contributed by atoms with E-state index >= 15 is 0 Å². The smallest absolute Gasteiger partial charge is 0.285 e. The van der Waals surface area contributed by atoms with Gasteiger partial charge in [-0.25, -0.2) is 0 Å².